The highest BCUT2D eigenvalue weighted by Crippen LogP contribution is 2.16. The van der Waals surface area contributed by atoms with E-state index in [1.165, 1.54) is 0 Å². The predicted octanol–water partition coefficient (Wildman–Crippen LogP) is 0.619. The maximum atomic E-state index is 5.46. The molecule has 5 nitrogen and oxygen atoms in total. The van der Waals surface area contributed by atoms with Crippen LogP contribution in [0, 0.1) is 0 Å². The summed E-state index contributed by atoms with van der Waals surface area (Å²) in [5.74, 6) is 0. The van der Waals surface area contributed by atoms with Gasteiger partial charge in [0.25, 0.3) is 6.01 Å². The second-order valence-corrected chi connectivity index (χ2v) is 3.78. The van der Waals surface area contributed by atoms with Crippen LogP contribution in [0.5, 0.6) is 0 Å². The quantitative estimate of drug-likeness (QED) is 0.794. The van der Waals surface area contributed by atoms with Gasteiger partial charge in [0.05, 0.1) is 18.4 Å². The highest BCUT2D eigenvalue weighted by Gasteiger charge is 2.20. The standard InChI is InChI=1S/C10H17N3O2/c1-8-6-13(3-4-14-8)10-12-9(5-11-2)7-15-10/h7-8,11H,3-6H2,1-2H3. The number of hydrogen-bond acceptors (Lipinski definition) is 5. The van der Waals surface area contributed by atoms with Gasteiger partial charge in [0.15, 0.2) is 0 Å². The summed E-state index contributed by atoms with van der Waals surface area (Å²) >= 11 is 0. The molecule has 0 bridgehead atoms. The summed E-state index contributed by atoms with van der Waals surface area (Å²) in [5, 5.41) is 3.04. The number of nitrogens with one attached hydrogen (secondary N) is 1. The smallest absolute Gasteiger partial charge is 0.297 e. The Kier molecular flexibility index (Phi) is 3.23. The zero-order chi connectivity index (χ0) is 10.7. The molecule has 1 saturated heterocycles. The van der Waals surface area contributed by atoms with Crippen molar-refractivity contribution < 1.29 is 9.15 Å². The molecule has 1 aromatic rings. The van der Waals surface area contributed by atoms with Crippen molar-refractivity contribution in [1.29, 1.82) is 0 Å². The van der Waals surface area contributed by atoms with Crippen LogP contribution in [0.25, 0.3) is 0 Å². The largest absolute Gasteiger partial charge is 0.432 e. The number of hydrogen-bond donors (Lipinski definition) is 1. The van der Waals surface area contributed by atoms with Crippen LogP contribution in [-0.4, -0.2) is 37.8 Å². The minimum absolute atomic E-state index is 0.249. The fraction of sp³-hybridized carbons (Fsp3) is 0.700. The molecular weight excluding hydrogens is 194 g/mol. The van der Waals surface area contributed by atoms with Gasteiger partial charge in [-0.2, -0.15) is 4.98 Å². The number of morpholine rings is 1. The summed E-state index contributed by atoms with van der Waals surface area (Å²) in [4.78, 5) is 6.52. The summed E-state index contributed by atoms with van der Waals surface area (Å²) in [6, 6.07) is 0.704. The number of aromatic nitrogens is 1. The van der Waals surface area contributed by atoms with Crippen LogP contribution in [0.2, 0.25) is 0 Å². The number of oxazole rings is 1. The molecular formula is C10H17N3O2. The third-order valence-electron chi connectivity index (χ3n) is 2.41. The van der Waals surface area contributed by atoms with Gasteiger partial charge in [-0.25, -0.2) is 0 Å². The van der Waals surface area contributed by atoms with E-state index in [-0.39, 0.29) is 6.10 Å². The van der Waals surface area contributed by atoms with Crippen molar-refractivity contribution in [2.75, 3.05) is 31.6 Å². The average Bonchev–Trinajstić information content (AvgIpc) is 2.67. The van der Waals surface area contributed by atoms with E-state index in [0.717, 1.165) is 31.9 Å². The molecule has 0 aliphatic carbocycles. The molecule has 1 aliphatic rings. The molecule has 1 aliphatic heterocycles. The van der Waals surface area contributed by atoms with Gasteiger partial charge >= 0.3 is 0 Å². The first-order chi connectivity index (χ1) is 7.29. The molecule has 2 heterocycles. The van der Waals surface area contributed by atoms with E-state index < -0.39 is 0 Å². The molecule has 5 heteroatoms. The highest BCUT2D eigenvalue weighted by molar-refractivity contribution is 5.27. The number of anilines is 1. The SMILES string of the molecule is CNCc1coc(N2CCOC(C)C2)n1. The van der Waals surface area contributed by atoms with E-state index in [0.29, 0.717) is 6.01 Å². The van der Waals surface area contributed by atoms with Crippen molar-refractivity contribution in [1.82, 2.24) is 10.3 Å². The molecule has 1 N–H and O–H groups in total. The molecule has 0 radical (unpaired) electrons. The maximum Gasteiger partial charge on any atom is 0.297 e. The summed E-state index contributed by atoms with van der Waals surface area (Å²) in [7, 11) is 1.89. The zero-order valence-electron chi connectivity index (χ0n) is 9.19. The minimum Gasteiger partial charge on any atom is -0.432 e. The van der Waals surface area contributed by atoms with Crippen molar-refractivity contribution in [2.24, 2.45) is 0 Å². The normalized spacial score (nSPS) is 22.0. The lowest BCUT2D eigenvalue weighted by Gasteiger charge is -2.29. The summed E-state index contributed by atoms with van der Waals surface area (Å²) in [6.07, 6.45) is 1.95. The number of nitrogens with zero attached hydrogens (tertiary/aromatic N) is 2. The Balaban J connectivity index is 2.01. The van der Waals surface area contributed by atoms with Gasteiger partial charge in [-0.3, -0.25) is 0 Å². The van der Waals surface area contributed by atoms with E-state index in [4.69, 9.17) is 9.15 Å². The van der Waals surface area contributed by atoms with Crippen molar-refractivity contribution in [3.05, 3.63) is 12.0 Å². The van der Waals surface area contributed by atoms with Crippen molar-refractivity contribution in [2.45, 2.75) is 19.6 Å². The molecule has 15 heavy (non-hydrogen) atoms. The monoisotopic (exact) mass is 211 g/mol. The summed E-state index contributed by atoms with van der Waals surface area (Å²) < 4.78 is 10.9. The predicted molar refractivity (Wildman–Crippen MR) is 56.9 cm³/mol. The molecule has 0 amide bonds. The molecule has 1 fully saturated rings. The van der Waals surface area contributed by atoms with Crippen molar-refractivity contribution in [3.63, 3.8) is 0 Å². The number of rotatable bonds is 3. The first-order valence-corrected chi connectivity index (χ1v) is 5.25. The Morgan fingerprint density at radius 1 is 1.67 bits per heavy atom. The van der Waals surface area contributed by atoms with Crippen molar-refractivity contribution >= 4 is 6.01 Å². The van der Waals surface area contributed by atoms with Crippen LogP contribution in [0.3, 0.4) is 0 Å². The van der Waals surface area contributed by atoms with Crippen LogP contribution in [0.4, 0.5) is 6.01 Å². The van der Waals surface area contributed by atoms with Gasteiger partial charge in [-0.05, 0) is 14.0 Å². The van der Waals surface area contributed by atoms with Gasteiger partial charge in [0.2, 0.25) is 0 Å². The highest BCUT2D eigenvalue weighted by atomic mass is 16.5. The van der Waals surface area contributed by atoms with Gasteiger partial charge < -0.3 is 19.4 Å². The zero-order valence-corrected chi connectivity index (χ0v) is 9.19. The fourth-order valence-corrected chi connectivity index (χ4v) is 1.70. The van der Waals surface area contributed by atoms with E-state index >= 15 is 0 Å². The van der Waals surface area contributed by atoms with Gasteiger partial charge in [-0.15, -0.1) is 0 Å². The van der Waals surface area contributed by atoms with Crippen LogP contribution in [0.1, 0.15) is 12.6 Å². The number of ether oxygens (including phenoxy) is 1. The second-order valence-electron chi connectivity index (χ2n) is 3.78. The molecule has 1 aromatic heterocycles. The molecule has 0 spiro atoms. The second kappa shape index (κ2) is 4.63. The molecule has 1 atom stereocenters. The van der Waals surface area contributed by atoms with Crippen LogP contribution >= 0.6 is 0 Å². The van der Waals surface area contributed by atoms with Crippen LogP contribution in [-0.2, 0) is 11.3 Å². The first-order valence-electron chi connectivity index (χ1n) is 5.25. The third-order valence-corrected chi connectivity index (χ3v) is 2.41. The summed E-state index contributed by atoms with van der Waals surface area (Å²) in [6.45, 7) is 5.24. The fourth-order valence-electron chi connectivity index (χ4n) is 1.70. The Morgan fingerprint density at radius 3 is 3.27 bits per heavy atom. The maximum absolute atomic E-state index is 5.46. The Morgan fingerprint density at radius 2 is 2.53 bits per heavy atom. The Labute approximate surface area is 89.4 Å². The lowest BCUT2D eigenvalue weighted by Crippen LogP contribution is -2.41. The van der Waals surface area contributed by atoms with Gasteiger partial charge in [0, 0.05) is 19.6 Å². The Bertz CT molecular complexity index is 313. The Hall–Kier alpha value is -1.07. The van der Waals surface area contributed by atoms with Crippen LogP contribution in [0.15, 0.2) is 10.7 Å². The topological polar surface area (TPSA) is 50.5 Å². The van der Waals surface area contributed by atoms with Crippen LogP contribution < -0.4 is 10.2 Å². The first kappa shape index (κ1) is 10.4. The molecule has 1 unspecified atom stereocenters. The lowest BCUT2D eigenvalue weighted by atomic mass is 10.3. The molecule has 84 valence electrons. The van der Waals surface area contributed by atoms with E-state index in [1.807, 2.05) is 7.05 Å². The van der Waals surface area contributed by atoms with E-state index in [9.17, 15) is 0 Å². The molecule has 0 aromatic carbocycles. The molecule has 2 rings (SSSR count). The van der Waals surface area contributed by atoms with Gasteiger partial charge in [-0.1, -0.05) is 0 Å². The van der Waals surface area contributed by atoms with Crippen molar-refractivity contribution in [3.8, 4) is 0 Å². The van der Waals surface area contributed by atoms with E-state index in [2.05, 4.69) is 22.1 Å². The van der Waals surface area contributed by atoms with E-state index in [1.54, 1.807) is 6.26 Å². The minimum atomic E-state index is 0.249. The molecule has 0 saturated carbocycles. The average molecular weight is 211 g/mol. The third kappa shape index (κ3) is 2.49. The summed E-state index contributed by atoms with van der Waals surface area (Å²) in [5.41, 5.74) is 0.937. The van der Waals surface area contributed by atoms with Gasteiger partial charge in [0.1, 0.15) is 6.26 Å². The lowest BCUT2D eigenvalue weighted by molar-refractivity contribution is 0.0514.